The van der Waals surface area contributed by atoms with Gasteiger partial charge in [0.15, 0.2) is 5.58 Å². The Labute approximate surface area is 155 Å². The van der Waals surface area contributed by atoms with Crippen LogP contribution in [0.3, 0.4) is 0 Å². The van der Waals surface area contributed by atoms with Crippen molar-refractivity contribution >= 4 is 11.1 Å². The van der Waals surface area contributed by atoms with E-state index in [1.54, 1.807) is 4.57 Å². The summed E-state index contributed by atoms with van der Waals surface area (Å²) in [5.74, 6) is -0.243. The number of aromatic nitrogens is 1. The fourth-order valence-electron chi connectivity index (χ4n) is 4.62. The molecule has 0 amide bonds. The minimum absolute atomic E-state index is 0.243. The molecule has 1 aromatic heterocycles. The largest absolute Gasteiger partial charge is 0.419 e. The predicted octanol–water partition coefficient (Wildman–Crippen LogP) is 1.70. The van der Waals surface area contributed by atoms with Gasteiger partial charge in [0.1, 0.15) is 0 Å². The minimum Gasteiger partial charge on any atom is -0.408 e. The van der Waals surface area contributed by atoms with Crippen LogP contribution in [-0.2, 0) is 6.54 Å². The number of oxazole rings is 1. The van der Waals surface area contributed by atoms with Gasteiger partial charge in [-0.25, -0.2) is 4.79 Å². The van der Waals surface area contributed by atoms with Crippen molar-refractivity contribution in [3.05, 3.63) is 34.8 Å². The number of fused-ring (bicyclic) bond motifs is 1. The second-order valence-corrected chi connectivity index (χ2v) is 8.07. The lowest BCUT2D eigenvalue weighted by atomic mass is 9.85. The molecule has 2 fully saturated rings. The number of benzene rings is 1. The summed E-state index contributed by atoms with van der Waals surface area (Å²) in [6, 6.07) is 7.70. The topological polar surface area (TPSA) is 44.9 Å². The highest BCUT2D eigenvalue weighted by molar-refractivity contribution is 5.72. The monoisotopic (exact) mass is 358 g/mol. The van der Waals surface area contributed by atoms with Crippen LogP contribution in [0, 0.1) is 0 Å². The maximum Gasteiger partial charge on any atom is 0.419 e. The molecule has 2 saturated heterocycles. The maximum atomic E-state index is 12.2. The van der Waals surface area contributed by atoms with E-state index in [1.165, 1.54) is 32.4 Å². The normalized spacial score (nSPS) is 22.8. The molecule has 6 heteroatoms. The number of likely N-dealkylation sites (N-methyl/N-ethyl adjacent to an activating group) is 1. The molecule has 0 aliphatic carbocycles. The van der Waals surface area contributed by atoms with E-state index in [0.29, 0.717) is 12.1 Å². The van der Waals surface area contributed by atoms with Gasteiger partial charge in [-0.3, -0.25) is 14.4 Å². The van der Waals surface area contributed by atoms with Crippen LogP contribution < -0.4 is 5.76 Å². The summed E-state index contributed by atoms with van der Waals surface area (Å²) in [7, 11) is 4.51. The van der Waals surface area contributed by atoms with Gasteiger partial charge < -0.3 is 9.32 Å². The Hall–Kier alpha value is -1.63. The van der Waals surface area contributed by atoms with Gasteiger partial charge in [-0.15, -0.1) is 0 Å². The Kier molecular flexibility index (Phi) is 4.90. The smallest absolute Gasteiger partial charge is 0.408 e. The average molecular weight is 358 g/mol. The van der Waals surface area contributed by atoms with E-state index >= 15 is 0 Å². The summed E-state index contributed by atoms with van der Waals surface area (Å²) >= 11 is 0. The fourth-order valence-corrected chi connectivity index (χ4v) is 4.62. The zero-order chi connectivity index (χ0) is 18.1. The molecule has 1 spiro atoms. The number of piperidine rings is 1. The van der Waals surface area contributed by atoms with Crippen LogP contribution in [0.2, 0.25) is 0 Å². The SMILES string of the molecule is CN1CCC2(CC1)CN(CCn1c(=O)oc3ccccc31)CCCN2C. The molecule has 2 aromatic rings. The van der Waals surface area contributed by atoms with Gasteiger partial charge in [0.25, 0.3) is 0 Å². The van der Waals surface area contributed by atoms with Gasteiger partial charge in [0.05, 0.1) is 5.52 Å². The van der Waals surface area contributed by atoms with Crippen LogP contribution >= 0.6 is 0 Å². The number of para-hydroxylation sites is 2. The van der Waals surface area contributed by atoms with Crippen LogP contribution in [0.15, 0.2) is 33.5 Å². The first-order valence-electron chi connectivity index (χ1n) is 9.78. The Balaban J connectivity index is 1.49. The van der Waals surface area contributed by atoms with Gasteiger partial charge in [0, 0.05) is 25.2 Å². The van der Waals surface area contributed by atoms with E-state index in [2.05, 4.69) is 28.8 Å². The highest BCUT2D eigenvalue weighted by Gasteiger charge is 2.40. The van der Waals surface area contributed by atoms with Gasteiger partial charge in [-0.1, -0.05) is 12.1 Å². The molecular formula is C20H30N4O2. The van der Waals surface area contributed by atoms with Crippen molar-refractivity contribution in [3.8, 4) is 0 Å². The number of rotatable bonds is 3. The zero-order valence-electron chi connectivity index (χ0n) is 16.0. The maximum absolute atomic E-state index is 12.2. The molecule has 0 saturated carbocycles. The van der Waals surface area contributed by atoms with Crippen LogP contribution in [0.1, 0.15) is 19.3 Å². The van der Waals surface area contributed by atoms with Crippen molar-refractivity contribution in [2.75, 3.05) is 53.4 Å². The lowest BCUT2D eigenvalue weighted by molar-refractivity contribution is 0.0346. The standard InChI is InChI=1S/C20H30N4O2/c1-21-12-8-20(9-13-21)16-23(11-5-10-22(20)2)14-15-24-17-6-3-4-7-18(17)26-19(24)25/h3-4,6-7H,5,8-16H2,1-2H3. The van der Waals surface area contributed by atoms with Crippen LogP contribution in [0.25, 0.3) is 11.1 Å². The van der Waals surface area contributed by atoms with Crippen LogP contribution in [0.4, 0.5) is 0 Å². The molecule has 0 N–H and O–H groups in total. The summed E-state index contributed by atoms with van der Waals surface area (Å²) in [5, 5.41) is 0. The van der Waals surface area contributed by atoms with E-state index in [1.807, 2.05) is 24.3 Å². The molecule has 6 nitrogen and oxygen atoms in total. The summed E-state index contributed by atoms with van der Waals surface area (Å²) in [6.07, 6.45) is 3.64. The van der Waals surface area contributed by atoms with E-state index < -0.39 is 0 Å². The third-order valence-electron chi connectivity index (χ3n) is 6.43. The van der Waals surface area contributed by atoms with E-state index in [9.17, 15) is 4.79 Å². The van der Waals surface area contributed by atoms with E-state index in [4.69, 9.17) is 4.42 Å². The second-order valence-electron chi connectivity index (χ2n) is 8.07. The first-order valence-corrected chi connectivity index (χ1v) is 9.78. The molecule has 142 valence electrons. The molecule has 1 aromatic carbocycles. The van der Waals surface area contributed by atoms with Crippen molar-refractivity contribution in [2.45, 2.75) is 31.3 Å². The molecule has 0 atom stereocenters. The summed E-state index contributed by atoms with van der Waals surface area (Å²) in [4.78, 5) is 19.8. The number of likely N-dealkylation sites (tertiary alicyclic amines) is 1. The number of hydrogen-bond donors (Lipinski definition) is 0. The van der Waals surface area contributed by atoms with Crippen molar-refractivity contribution in [1.29, 1.82) is 0 Å². The Morgan fingerprint density at radius 3 is 2.62 bits per heavy atom. The first kappa shape index (κ1) is 17.8. The molecule has 26 heavy (non-hydrogen) atoms. The Bertz CT molecular complexity index is 803. The lowest BCUT2D eigenvalue weighted by Gasteiger charge is -2.47. The molecule has 0 radical (unpaired) electrons. The lowest BCUT2D eigenvalue weighted by Crippen LogP contribution is -2.57. The number of hydrogen-bond acceptors (Lipinski definition) is 5. The molecule has 2 aliphatic heterocycles. The van der Waals surface area contributed by atoms with Gasteiger partial charge in [-0.2, -0.15) is 0 Å². The fraction of sp³-hybridized carbons (Fsp3) is 0.650. The predicted molar refractivity (Wildman–Crippen MR) is 104 cm³/mol. The van der Waals surface area contributed by atoms with Crippen molar-refractivity contribution < 1.29 is 4.42 Å². The number of nitrogens with zero attached hydrogens (tertiary/aromatic N) is 4. The van der Waals surface area contributed by atoms with Crippen molar-refractivity contribution in [1.82, 2.24) is 19.3 Å². The van der Waals surface area contributed by atoms with Gasteiger partial charge in [-0.05, 0) is 71.7 Å². The van der Waals surface area contributed by atoms with Gasteiger partial charge in [0.2, 0.25) is 0 Å². The van der Waals surface area contributed by atoms with Gasteiger partial charge >= 0.3 is 5.76 Å². The first-order chi connectivity index (χ1) is 12.6. The van der Waals surface area contributed by atoms with Crippen molar-refractivity contribution in [2.24, 2.45) is 0 Å². The highest BCUT2D eigenvalue weighted by atomic mass is 16.4. The van der Waals surface area contributed by atoms with E-state index in [-0.39, 0.29) is 11.3 Å². The molecule has 4 rings (SSSR count). The zero-order valence-corrected chi connectivity index (χ0v) is 16.0. The second kappa shape index (κ2) is 7.18. The Morgan fingerprint density at radius 1 is 1.04 bits per heavy atom. The quantitative estimate of drug-likeness (QED) is 0.836. The average Bonchev–Trinajstić information content (AvgIpc) is 2.87. The summed E-state index contributed by atoms with van der Waals surface area (Å²) < 4.78 is 7.16. The van der Waals surface area contributed by atoms with E-state index in [0.717, 1.165) is 31.7 Å². The minimum atomic E-state index is -0.243. The van der Waals surface area contributed by atoms with Crippen LogP contribution in [0.5, 0.6) is 0 Å². The summed E-state index contributed by atoms with van der Waals surface area (Å²) in [5.41, 5.74) is 1.87. The third kappa shape index (κ3) is 3.33. The molecular weight excluding hydrogens is 328 g/mol. The highest BCUT2D eigenvalue weighted by Crippen LogP contribution is 2.30. The molecule has 3 heterocycles. The van der Waals surface area contributed by atoms with Crippen molar-refractivity contribution in [3.63, 3.8) is 0 Å². The molecule has 0 bridgehead atoms. The van der Waals surface area contributed by atoms with Crippen LogP contribution in [-0.4, -0.2) is 78.2 Å². The summed E-state index contributed by atoms with van der Waals surface area (Å²) in [6.45, 7) is 7.29. The third-order valence-corrected chi connectivity index (χ3v) is 6.43. The Morgan fingerprint density at radius 2 is 1.81 bits per heavy atom. The molecule has 2 aliphatic rings. The molecule has 0 unspecified atom stereocenters.